The number of nitrogens with two attached hydrogens (primary N) is 1. The van der Waals surface area contributed by atoms with E-state index in [1.54, 1.807) is 12.3 Å². The van der Waals surface area contributed by atoms with Crippen LogP contribution in [-0.2, 0) is 12.6 Å². The molecule has 0 aliphatic rings. The maximum atomic E-state index is 12.6. The zero-order valence-electron chi connectivity index (χ0n) is 11.3. The van der Waals surface area contributed by atoms with Crippen LogP contribution in [0.2, 0.25) is 0 Å². The number of nitrogen functional groups attached to an aromatic ring is 1. The number of aromatic nitrogens is 2. The first kappa shape index (κ1) is 15.1. The van der Waals surface area contributed by atoms with E-state index < -0.39 is 17.8 Å². The first-order valence-corrected chi connectivity index (χ1v) is 6.35. The summed E-state index contributed by atoms with van der Waals surface area (Å²) in [5.41, 5.74) is 4.25. The molecule has 0 saturated carbocycles. The molecule has 0 amide bonds. The Bertz CT molecular complexity index is 584. The molecule has 1 unspecified atom stereocenters. The number of nitrogens with one attached hydrogen (secondary N) is 1. The lowest BCUT2D eigenvalue weighted by atomic mass is 10.1. The molecular formula is C13H15F3N4O. The molecular weight excluding hydrogens is 285 g/mol. The molecule has 21 heavy (non-hydrogen) atoms. The van der Waals surface area contributed by atoms with E-state index in [0.717, 1.165) is 11.8 Å². The minimum absolute atomic E-state index is 0.0572. The number of hydrogen-bond acceptors (Lipinski definition) is 5. The van der Waals surface area contributed by atoms with Gasteiger partial charge in [0.25, 0.3) is 0 Å². The number of aryl methyl sites for hydroxylation is 1. The largest absolute Gasteiger partial charge is 0.469 e. The maximum Gasteiger partial charge on any atom is 0.433 e. The lowest BCUT2D eigenvalue weighted by Gasteiger charge is -2.15. The predicted octanol–water partition coefficient (Wildman–Crippen LogP) is 3.10. The van der Waals surface area contributed by atoms with Crippen LogP contribution in [0.15, 0.2) is 28.9 Å². The molecule has 8 heteroatoms. The normalized spacial score (nSPS) is 13.1. The van der Waals surface area contributed by atoms with Crippen molar-refractivity contribution in [3.63, 3.8) is 0 Å². The van der Waals surface area contributed by atoms with Gasteiger partial charge in [-0.3, -0.25) is 0 Å². The molecule has 0 saturated heterocycles. The van der Waals surface area contributed by atoms with Crippen LogP contribution in [0, 0.1) is 0 Å². The number of anilines is 2. The van der Waals surface area contributed by atoms with E-state index in [0.29, 0.717) is 12.8 Å². The average molecular weight is 300 g/mol. The van der Waals surface area contributed by atoms with Gasteiger partial charge in [0.05, 0.1) is 6.26 Å². The van der Waals surface area contributed by atoms with E-state index in [1.807, 2.05) is 13.0 Å². The van der Waals surface area contributed by atoms with Crippen LogP contribution in [0.5, 0.6) is 0 Å². The molecule has 114 valence electrons. The van der Waals surface area contributed by atoms with Crippen LogP contribution in [-0.4, -0.2) is 16.0 Å². The predicted molar refractivity (Wildman–Crippen MR) is 71.6 cm³/mol. The van der Waals surface area contributed by atoms with Gasteiger partial charge in [0.15, 0.2) is 5.69 Å². The second kappa shape index (κ2) is 6.02. The van der Waals surface area contributed by atoms with Gasteiger partial charge < -0.3 is 15.5 Å². The Labute approximate surface area is 119 Å². The highest BCUT2D eigenvalue weighted by Gasteiger charge is 2.33. The Balaban J connectivity index is 2.00. The van der Waals surface area contributed by atoms with Gasteiger partial charge in [-0.2, -0.15) is 18.2 Å². The lowest BCUT2D eigenvalue weighted by molar-refractivity contribution is -0.141. The molecule has 5 nitrogen and oxygen atoms in total. The summed E-state index contributed by atoms with van der Waals surface area (Å²) in [7, 11) is 0. The van der Waals surface area contributed by atoms with Gasteiger partial charge in [-0.25, -0.2) is 4.98 Å². The van der Waals surface area contributed by atoms with Crippen LogP contribution in [0.25, 0.3) is 0 Å². The Morgan fingerprint density at radius 3 is 2.76 bits per heavy atom. The fourth-order valence-corrected chi connectivity index (χ4v) is 1.82. The smallest absolute Gasteiger partial charge is 0.433 e. The van der Waals surface area contributed by atoms with Gasteiger partial charge in [-0.05, 0) is 25.5 Å². The van der Waals surface area contributed by atoms with E-state index in [-0.39, 0.29) is 11.9 Å². The van der Waals surface area contributed by atoms with Crippen LogP contribution in [0.1, 0.15) is 24.8 Å². The van der Waals surface area contributed by atoms with Gasteiger partial charge >= 0.3 is 6.18 Å². The highest BCUT2D eigenvalue weighted by Crippen LogP contribution is 2.29. The van der Waals surface area contributed by atoms with Crippen molar-refractivity contribution < 1.29 is 17.6 Å². The molecule has 0 aliphatic heterocycles. The molecule has 1 atom stereocenters. The standard InChI is InChI=1S/C13H15F3N4O/c1-8(4-5-9-3-2-6-21-9)18-11-7-10(13(14,15)16)19-12(17)20-11/h2-3,6-8H,4-5H2,1H3,(H3,17,18,19,20). The molecule has 0 fully saturated rings. The number of rotatable bonds is 5. The third kappa shape index (κ3) is 4.37. The monoisotopic (exact) mass is 300 g/mol. The highest BCUT2D eigenvalue weighted by atomic mass is 19.4. The summed E-state index contributed by atoms with van der Waals surface area (Å²) in [6, 6.07) is 4.39. The SMILES string of the molecule is CC(CCc1ccco1)Nc1cc(C(F)(F)F)nc(N)n1. The average Bonchev–Trinajstić information content (AvgIpc) is 2.87. The summed E-state index contributed by atoms with van der Waals surface area (Å²) in [5.74, 6) is 0.467. The summed E-state index contributed by atoms with van der Waals surface area (Å²) >= 11 is 0. The lowest BCUT2D eigenvalue weighted by Crippen LogP contribution is -2.19. The van der Waals surface area contributed by atoms with Gasteiger partial charge in [0.1, 0.15) is 11.6 Å². The summed E-state index contributed by atoms with van der Waals surface area (Å²) in [6.07, 6.45) is -1.62. The van der Waals surface area contributed by atoms with Crippen molar-refractivity contribution in [3.8, 4) is 0 Å². The zero-order chi connectivity index (χ0) is 15.5. The van der Waals surface area contributed by atoms with Gasteiger partial charge in [-0.15, -0.1) is 0 Å². The quantitative estimate of drug-likeness (QED) is 0.887. The van der Waals surface area contributed by atoms with Crippen molar-refractivity contribution in [1.82, 2.24) is 9.97 Å². The van der Waals surface area contributed by atoms with Crippen LogP contribution >= 0.6 is 0 Å². The highest BCUT2D eigenvalue weighted by molar-refractivity contribution is 5.42. The molecule has 0 spiro atoms. The molecule has 2 aromatic heterocycles. The summed E-state index contributed by atoms with van der Waals surface area (Å²) in [5, 5.41) is 2.88. The van der Waals surface area contributed by atoms with Crippen LogP contribution < -0.4 is 11.1 Å². The minimum atomic E-state index is -4.55. The van der Waals surface area contributed by atoms with Crippen LogP contribution in [0.3, 0.4) is 0 Å². The van der Waals surface area contributed by atoms with Crippen molar-refractivity contribution in [2.75, 3.05) is 11.1 Å². The van der Waals surface area contributed by atoms with Crippen molar-refractivity contribution >= 4 is 11.8 Å². The number of nitrogens with zero attached hydrogens (tertiary/aromatic N) is 2. The summed E-state index contributed by atoms with van der Waals surface area (Å²) < 4.78 is 43.1. The number of halogens is 3. The van der Waals surface area contributed by atoms with Gasteiger partial charge in [0, 0.05) is 18.5 Å². The number of hydrogen-bond donors (Lipinski definition) is 2. The Hall–Kier alpha value is -2.25. The molecule has 0 aromatic carbocycles. The first-order chi connectivity index (χ1) is 9.84. The summed E-state index contributed by atoms with van der Waals surface area (Å²) in [6.45, 7) is 1.84. The van der Waals surface area contributed by atoms with E-state index in [4.69, 9.17) is 10.2 Å². The molecule has 2 heterocycles. The Morgan fingerprint density at radius 1 is 1.38 bits per heavy atom. The molecule has 0 radical (unpaired) electrons. The van der Waals surface area contributed by atoms with Gasteiger partial charge in [0.2, 0.25) is 5.95 Å². The van der Waals surface area contributed by atoms with Crippen molar-refractivity contribution in [2.24, 2.45) is 0 Å². The number of alkyl halides is 3. The third-order valence-electron chi connectivity index (χ3n) is 2.83. The zero-order valence-corrected chi connectivity index (χ0v) is 11.3. The third-order valence-corrected chi connectivity index (χ3v) is 2.83. The van der Waals surface area contributed by atoms with Crippen molar-refractivity contribution in [1.29, 1.82) is 0 Å². The maximum absolute atomic E-state index is 12.6. The molecule has 2 rings (SSSR count). The topological polar surface area (TPSA) is 77.0 Å². The summed E-state index contributed by atoms with van der Waals surface area (Å²) in [4.78, 5) is 6.95. The fourth-order valence-electron chi connectivity index (χ4n) is 1.82. The first-order valence-electron chi connectivity index (χ1n) is 6.35. The molecule has 3 N–H and O–H groups in total. The van der Waals surface area contributed by atoms with Crippen molar-refractivity contribution in [2.45, 2.75) is 32.0 Å². The van der Waals surface area contributed by atoms with E-state index in [9.17, 15) is 13.2 Å². The van der Waals surface area contributed by atoms with E-state index in [2.05, 4.69) is 15.3 Å². The van der Waals surface area contributed by atoms with Crippen molar-refractivity contribution in [3.05, 3.63) is 35.9 Å². The fraction of sp³-hybridized carbons (Fsp3) is 0.385. The molecule has 2 aromatic rings. The minimum Gasteiger partial charge on any atom is -0.469 e. The Morgan fingerprint density at radius 2 is 2.14 bits per heavy atom. The Kier molecular flexibility index (Phi) is 4.35. The van der Waals surface area contributed by atoms with E-state index >= 15 is 0 Å². The molecule has 0 aliphatic carbocycles. The number of furan rings is 1. The second-order valence-corrected chi connectivity index (χ2v) is 4.66. The van der Waals surface area contributed by atoms with Crippen LogP contribution in [0.4, 0.5) is 24.9 Å². The second-order valence-electron chi connectivity index (χ2n) is 4.66. The van der Waals surface area contributed by atoms with Gasteiger partial charge in [-0.1, -0.05) is 0 Å². The molecule has 0 bridgehead atoms. The van der Waals surface area contributed by atoms with E-state index in [1.165, 1.54) is 0 Å².